The van der Waals surface area contributed by atoms with Crippen molar-refractivity contribution in [1.29, 1.82) is 0 Å². The molecule has 0 heterocycles. The van der Waals surface area contributed by atoms with Crippen molar-refractivity contribution in [2.24, 2.45) is 0 Å². The van der Waals surface area contributed by atoms with E-state index in [0.29, 0.717) is 0 Å². The van der Waals surface area contributed by atoms with Gasteiger partial charge in [0.15, 0.2) is 0 Å². The Morgan fingerprint density at radius 3 is 1.56 bits per heavy atom. The van der Waals surface area contributed by atoms with Crippen LogP contribution in [0.15, 0.2) is 0 Å². The number of hydrogen-bond donors (Lipinski definition) is 2. The molecule has 0 aromatic carbocycles. The first-order valence-electron chi connectivity index (χ1n) is 3.22. The van der Waals surface area contributed by atoms with Gasteiger partial charge in [0.05, 0.1) is 0 Å². The van der Waals surface area contributed by atoms with Gasteiger partial charge in [0.2, 0.25) is 0 Å². The van der Waals surface area contributed by atoms with E-state index in [1.165, 1.54) is 0 Å². The van der Waals surface area contributed by atoms with Gasteiger partial charge in [-0.15, -0.1) is 0 Å². The Bertz CT molecular complexity index is 89.4. The molecule has 0 bridgehead atoms. The van der Waals surface area contributed by atoms with E-state index in [2.05, 4.69) is 19.6 Å². The summed E-state index contributed by atoms with van der Waals surface area (Å²) in [7, 11) is -2.45. The molecular weight excluding hydrogens is 131 g/mol. The maximum Gasteiger partial charge on any atom is 0.451 e. The molecule has 0 aliphatic heterocycles. The molecule has 0 spiro atoms. The molecular formula is C5H15BO2Si. The second-order valence-electron chi connectivity index (χ2n) is 3.57. The van der Waals surface area contributed by atoms with Crippen LogP contribution >= 0.6 is 0 Å². The van der Waals surface area contributed by atoms with Gasteiger partial charge in [0.25, 0.3) is 0 Å². The van der Waals surface area contributed by atoms with E-state index in [9.17, 15) is 0 Å². The molecule has 0 aromatic heterocycles. The van der Waals surface area contributed by atoms with Crippen molar-refractivity contribution >= 4 is 15.2 Å². The minimum absolute atomic E-state index is 0.0671. The van der Waals surface area contributed by atoms with Gasteiger partial charge in [-0.2, -0.15) is 0 Å². The van der Waals surface area contributed by atoms with E-state index in [4.69, 9.17) is 10.0 Å². The summed E-state index contributed by atoms with van der Waals surface area (Å²) in [6, 6.07) is 0. The molecule has 0 amide bonds. The summed E-state index contributed by atoms with van der Waals surface area (Å²) in [4.78, 5) is 0. The summed E-state index contributed by atoms with van der Waals surface area (Å²) >= 11 is 0. The average molecular weight is 146 g/mol. The van der Waals surface area contributed by atoms with Gasteiger partial charge in [-0.05, 0) is 5.44 Å². The fourth-order valence-electron chi connectivity index (χ4n) is 0.447. The Morgan fingerprint density at radius 2 is 1.56 bits per heavy atom. The zero-order chi connectivity index (χ0) is 7.65. The Hall–Kier alpha value is 0.202. The van der Waals surface area contributed by atoms with Crippen molar-refractivity contribution in [1.82, 2.24) is 0 Å². The van der Waals surface area contributed by atoms with Gasteiger partial charge in [-0.3, -0.25) is 0 Å². The lowest BCUT2D eigenvalue weighted by molar-refractivity contribution is 0.401. The molecule has 2 nitrogen and oxygen atoms in total. The molecule has 0 rings (SSSR count). The molecule has 0 fully saturated rings. The second-order valence-corrected chi connectivity index (χ2v) is 9.21. The van der Waals surface area contributed by atoms with Crippen molar-refractivity contribution in [3.63, 3.8) is 0 Å². The Kier molecular flexibility index (Phi) is 2.92. The van der Waals surface area contributed by atoms with Crippen LogP contribution in [0.3, 0.4) is 0 Å². The maximum absolute atomic E-state index is 8.75. The third kappa shape index (κ3) is 3.03. The van der Waals surface area contributed by atoms with Crippen LogP contribution in [0, 0.1) is 0 Å². The molecule has 1 atom stereocenters. The van der Waals surface area contributed by atoms with Crippen molar-refractivity contribution < 1.29 is 10.0 Å². The molecule has 0 radical (unpaired) electrons. The lowest BCUT2D eigenvalue weighted by Gasteiger charge is -2.23. The summed E-state index contributed by atoms with van der Waals surface area (Å²) in [5.74, 6) is 0. The molecule has 0 aliphatic carbocycles. The van der Waals surface area contributed by atoms with E-state index in [0.717, 1.165) is 0 Å². The van der Waals surface area contributed by atoms with E-state index in [-0.39, 0.29) is 5.44 Å². The highest BCUT2D eigenvalue weighted by atomic mass is 28.3. The van der Waals surface area contributed by atoms with Crippen LogP contribution in [0.2, 0.25) is 25.1 Å². The van der Waals surface area contributed by atoms with Gasteiger partial charge in [0, 0.05) is 8.07 Å². The Balaban J connectivity index is 3.88. The maximum atomic E-state index is 8.75. The van der Waals surface area contributed by atoms with Gasteiger partial charge in [0.1, 0.15) is 0 Å². The molecule has 0 saturated carbocycles. The summed E-state index contributed by atoms with van der Waals surface area (Å²) < 4.78 is 0. The quantitative estimate of drug-likeness (QED) is 0.563. The summed E-state index contributed by atoms with van der Waals surface area (Å²) in [6.45, 7) is 8.25. The van der Waals surface area contributed by atoms with Gasteiger partial charge < -0.3 is 10.0 Å². The fraction of sp³-hybridized carbons (Fsp3) is 1.00. The van der Waals surface area contributed by atoms with Crippen molar-refractivity contribution in [2.45, 2.75) is 32.0 Å². The zero-order valence-electron chi connectivity index (χ0n) is 6.55. The lowest BCUT2D eigenvalue weighted by Crippen LogP contribution is -2.37. The van der Waals surface area contributed by atoms with Crippen LogP contribution in [-0.2, 0) is 0 Å². The molecule has 0 saturated heterocycles. The lowest BCUT2D eigenvalue weighted by atomic mass is 9.87. The third-order valence-electron chi connectivity index (χ3n) is 1.81. The SMILES string of the molecule is CC(B(O)O)[Si](C)(C)C. The molecule has 2 N–H and O–H groups in total. The highest BCUT2D eigenvalue weighted by molar-refractivity contribution is 6.86. The first-order valence-corrected chi connectivity index (χ1v) is 6.79. The van der Waals surface area contributed by atoms with E-state index >= 15 is 0 Å². The zero-order valence-corrected chi connectivity index (χ0v) is 7.55. The Labute approximate surface area is 58.1 Å². The summed E-state index contributed by atoms with van der Waals surface area (Å²) in [5.41, 5.74) is 0.0671. The molecule has 0 aliphatic rings. The van der Waals surface area contributed by atoms with Crippen LogP contribution in [0.25, 0.3) is 0 Å². The standard InChI is InChI=1S/C5H15BO2Si/c1-5(6(7)8)9(2,3)4/h5,7-8H,1-4H3. The van der Waals surface area contributed by atoms with E-state index in [1.807, 2.05) is 6.92 Å². The van der Waals surface area contributed by atoms with Crippen LogP contribution in [-0.4, -0.2) is 25.2 Å². The first kappa shape index (κ1) is 9.20. The molecule has 1 unspecified atom stereocenters. The van der Waals surface area contributed by atoms with Crippen LogP contribution in [0.5, 0.6) is 0 Å². The van der Waals surface area contributed by atoms with Crippen molar-refractivity contribution in [2.75, 3.05) is 0 Å². The first-order chi connectivity index (χ1) is 3.85. The fourth-order valence-corrected chi connectivity index (χ4v) is 1.34. The van der Waals surface area contributed by atoms with Crippen LogP contribution in [0.4, 0.5) is 0 Å². The van der Waals surface area contributed by atoms with Gasteiger partial charge in [-0.1, -0.05) is 26.6 Å². The Morgan fingerprint density at radius 1 is 1.22 bits per heavy atom. The minimum atomic E-state index is -1.32. The highest BCUT2D eigenvalue weighted by Gasteiger charge is 2.31. The van der Waals surface area contributed by atoms with Crippen molar-refractivity contribution in [3.8, 4) is 0 Å². The number of hydrogen-bond acceptors (Lipinski definition) is 2. The average Bonchev–Trinajstić information content (AvgIpc) is 1.62. The molecule has 9 heavy (non-hydrogen) atoms. The second kappa shape index (κ2) is 2.86. The van der Waals surface area contributed by atoms with Crippen molar-refractivity contribution in [3.05, 3.63) is 0 Å². The highest BCUT2D eigenvalue weighted by Crippen LogP contribution is 2.20. The predicted octanol–water partition coefficient (Wildman–Crippen LogP) is 0.727. The summed E-state index contributed by atoms with van der Waals surface area (Å²) in [5, 5.41) is 17.5. The van der Waals surface area contributed by atoms with E-state index < -0.39 is 15.2 Å². The van der Waals surface area contributed by atoms with Crippen LogP contribution in [0.1, 0.15) is 6.92 Å². The minimum Gasteiger partial charge on any atom is -0.427 e. The molecule has 4 heteroatoms. The summed E-state index contributed by atoms with van der Waals surface area (Å²) in [6.07, 6.45) is 0. The third-order valence-corrected chi connectivity index (χ3v) is 4.84. The number of rotatable bonds is 2. The topological polar surface area (TPSA) is 40.5 Å². The van der Waals surface area contributed by atoms with Gasteiger partial charge >= 0.3 is 7.12 Å². The smallest absolute Gasteiger partial charge is 0.427 e. The molecule has 54 valence electrons. The van der Waals surface area contributed by atoms with Crippen LogP contribution < -0.4 is 0 Å². The van der Waals surface area contributed by atoms with E-state index in [1.54, 1.807) is 0 Å². The molecule has 0 aromatic rings. The normalized spacial score (nSPS) is 15.3. The van der Waals surface area contributed by atoms with Gasteiger partial charge in [-0.25, -0.2) is 0 Å². The predicted molar refractivity (Wildman–Crippen MR) is 43.0 cm³/mol. The monoisotopic (exact) mass is 146 g/mol. The largest absolute Gasteiger partial charge is 0.451 e.